The average molecular weight is 445 g/mol. The molecule has 1 atom stereocenters. The number of likely N-dealkylation sites (tertiary alicyclic amines) is 1. The lowest BCUT2D eigenvalue weighted by molar-refractivity contribution is 0.188. The lowest BCUT2D eigenvalue weighted by Crippen LogP contribution is -2.52. The van der Waals surface area contributed by atoms with E-state index in [4.69, 9.17) is 0 Å². The summed E-state index contributed by atoms with van der Waals surface area (Å²) in [6, 6.07) is 4.06. The smallest absolute Gasteiger partial charge is 0.191 e. The molecule has 170 valence electrons. The van der Waals surface area contributed by atoms with E-state index >= 15 is 0 Å². The summed E-state index contributed by atoms with van der Waals surface area (Å²) in [6.07, 6.45) is 3.67. The lowest BCUT2D eigenvalue weighted by Gasteiger charge is -2.34. The molecule has 30 heavy (non-hydrogen) atoms. The Bertz CT molecular complexity index is 823. The molecule has 2 N–H and O–H groups in total. The van der Waals surface area contributed by atoms with Gasteiger partial charge in [-0.15, -0.1) is 0 Å². The van der Waals surface area contributed by atoms with Gasteiger partial charge >= 0.3 is 0 Å². The molecule has 1 heterocycles. The fourth-order valence-corrected chi connectivity index (χ4v) is 4.41. The zero-order chi connectivity index (χ0) is 22.4. The standard InChI is InChI=1S/C21H34F2N4O2S/c1-21(2,10-12-30(4,28)29)15-25-20(24-3)26-16-7-6-11-27(13-16)14-17-18(22)8-5-9-19(17)23/h5,8-9,16H,6-7,10-15H2,1-4H3,(H2,24,25,26). The summed E-state index contributed by atoms with van der Waals surface area (Å²) in [6.45, 7) is 6.30. The van der Waals surface area contributed by atoms with Gasteiger partial charge in [0, 0.05) is 44.5 Å². The quantitative estimate of drug-likeness (QED) is 0.476. The molecule has 0 bridgehead atoms. The first kappa shape index (κ1) is 24.5. The SMILES string of the molecule is CN=C(NCC(C)(C)CCS(C)(=O)=O)NC1CCCN(Cc2c(F)cccc2F)C1. The van der Waals surface area contributed by atoms with Gasteiger partial charge in [-0.25, -0.2) is 17.2 Å². The van der Waals surface area contributed by atoms with Crippen LogP contribution in [0.3, 0.4) is 0 Å². The van der Waals surface area contributed by atoms with Crippen LogP contribution in [0, 0.1) is 17.0 Å². The first-order valence-electron chi connectivity index (χ1n) is 10.3. The molecule has 0 aliphatic carbocycles. The van der Waals surface area contributed by atoms with Crippen molar-refractivity contribution in [2.45, 2.75) is 45.7 Å². The van der Waals surface area contributed by atoms with E-state index in [1.165, 1.54) is 24.5 Å². The monoisotopic (exact) mass is 444 g/mol. The molecule has 1 aliphatic rings. The summed E-state index contributed by atoms with van der Waals surface area (Å²) < 4.78 is 50.8. The van der Waals surface area contributed by atoms with E-state index in [9.17, 15) is 17.2 Å². The Hall–Kier alpha value is -1.74. The van der Waals surface area contributed by atoms with Crippen LogP contribution >= 0.6 is 0 Å². The van der Waals surface area contributed by atoms with E-state index in [-0.39, 0.29) is 29.3 Å². The summed E-state index contributed by atoms with van der Waals surface area (Å²) >= 11 is 0. The normalized spacial score (nSPS) is 19.0. The van der Waals surface area contributed by atoms with Gasteiger partial charge in [-0.05, 0) is 43.4 Å². The Morgan fingerprint density at radius 3 is 2.57 bits per heavy atom. The number of hydrogen-bond donors (Lipinski definition) is 2. The molecule has 1 aromatic carbocycles. The average Bonchev–Trinajstić information content (AvgIpc) is 2.66. The van der Waals surface area contributed by atoms with Crippen molar-refractivity contribution in [3.05, 3.63) is 35.4 Å². The van der Waals surface area contributed by atoms with Gasteiger partial charge in [-0.2, -0.15) is 0 Å². The Morgan fingerprint density at radius 2 is 1.97 bits per heavy atom. The third kappa shape index (κ3) is 8.18. The second-order valence-corrected chi connectivity index (χ2v) is 11.1. The van der Waals surface area contributed by atoms with Gasteiger partial charge < -0.3 is 10.6 Å². The van der Waals surface area contributed by atoms with Crippen LogP contribution in [0.5, 0.6) is 0 Å². The van der Waals surface area contributed by atoms with Crippen molar-refractivity contribution in [1.29, 1.82) is 0 Å². The number of nitrogens with zero attached hydrogens (tertiary/aromatic N) is 2. The lowest BCUT2D eigenvalue weighted by atomic mass is 9.90. The summed E-state index contributed by atoms with van der Waals surface area (Å²) in [5.74, 6) is -0.234. The number of aliphatic imine (C=N–C) groups is 1. The maximum Gasteiger partial charge on any atom is 0.191 e. The first-order valence-corrected chi connectivity index (χ1v) is 12.4. The number of sulfone groups is 1. The second-order valence-electron chi connectivity index (χ2n) is 8.89. The fourth-order valence-electron chi connectivity index (χ4n) is 3.49. The zero-order valence-corrected chi connectivity index (χ0v) is 19.2. The van der Waals surface area contributed by atoms with Gasteiger partial charge in [-0.3, -0.25) is 9.89 Å². The molecule has 1 aliphatic heterocycles. The summed E-state index contributed by atoms with van der Waals surface area (Å²) in [7, 11) is -1.31. The van der Waals surface area contributed by atoms with Gasteiger partial charge in [0.2, 0.25) is 0 Å². The highest BCUT2D eigenvalue weighted by Gasteiger charge is 2.24. The van der Waals surface area contributed by atoms with E-state index in [1.807, 2.05) is 18.7 Å². The highest BCUT2D eigenvalue weighted by Crippen LogP contribution is 2.20. The second kappa shape index (κ2) is 10.5. The van der Waals surface area contributed by atoms with E-state index in [0.29, 0.717) is 25.5 Å². The van der Waals surface area contributed by atoms with Gasteiger partial charge in [0.15, 0.2) is 5.96 Å². The predicted molar refractivity (Wildman–Crippen MR) is 117 cm³/mol. The fraction of sp³-hybridized carbons (Fsp3) is 0.667. The van der Waals surface area contributed by atoms with E-state index in [2.05, 4.69) is 15.6 Å². The third-order valence-electron chi connectivity index (χ3n) is 5.40. The minimum Gasteiger partial charge on any atom is -0.356 e. The molecular formula is C21H34F2N4O2S. The van der Waals surface area contributed by atoms with Crippen LogP contribution in [-0.4, -0.2) is 64.0 Å². The van der Waals surface area contributed by atoms with E-state index in [0.717, 1.165) is 19.4 Å². The molecule has 1 unspecified atom stereocenters. The Kier molecular flexibility index (Phi) is 8.61. The third-order valence-corrected chi connectivity index (χ3v) is 6.34. The number of guanidine groups is 1. The number of nitrogens with one attached hydrogen (secondary N) is 2. The summed E-state index contributed by atoms with van der Waals surface area (Å²) in [5, 5.41) is 6.67. The number of rotatable bonds is 8. The van der Waals surface area contributed by atoms with Gasteiger partial charge in [0.1, 0.15) is 21.5 Å². The van der Waals surface area contributed by atoms with E-state index in [1.54, 1.807) is 7.05 Å². The van der Waals surface area contributed by atoms with Crippen LogP contribution in [0.2, 0.25) is 0 Å². The predicted octanol–water partition coefficient (Wildman–Crippen LogP) is 2.56. The number of piperidine rings is 1. The highest BCUT2D eigenvalue weighted by atomic mass is 32.2. The van der Waals surface area contributed by atoms with Crippen LogP contribution in [0.15, 0.2) is 23.2 Å². The molecular weight excluding hydrogens is 410 g/mol. The molecule has 0 radical (unpaired) electrons. The number of hydrogen-bond acceptors (Lipinski definition) is 4. The van der Waals surface area contributed by atoms with Crippen molar-refractivity contribution in [2.75, 3.05) is 38.7 Å². The van der Waals surface area contributed by atoms with Gasteiger partial charge in [0.25, 0.3) is 0 Å². The largest absolute Gasteiger partial charge is 0.356 e. The van der Waals surface area contributed by atoms with Gasteiger partial charge in [-0.1, -0.05) is 19.9 Å². The Balaban J connectivity index is 1.88. The zero-order valence-electron chi connectivity index (χ0n) is 18.3. The Morgan fingerprint density at radius 1 is 1.30 bits per heavy atom. The van der Waals surface area contributed by atoms with Crippen molar-refractivity contribution in [3.63, 3.8) is 0 Å². The minimum absolute atomic E-state index is 0.105. The van der Waals surface area contributed by atoms with Crippen molar-refractivity contribution in [3.8, 4) is 0 Å². The molecule has 9 heteroatoms. The van der Waals surface area contributed by atoms with Crippen LogP contribution in [0.25, 0.3) is 0 Å². The summed E-state index contributed by atoms with van der Waals surface area (Å²) in [5.41, 5.74) is -0.102. The van der Waals surface area contributed by atoms with Crippen LogP contribution in [0.4, 0.5) is 8.78 Å². The first-order chi connectivity index (χ1) is 14.0. The topological polar surface area (TPSA) is 73.8 Å². The van der Waals surface area contributed by atoms with Crippen LogP contribution < -0.4 is 10.6 Å². The van der Waals surface area contributed by atoms with Gasteiger partial charge in [0.05, 0.1) is 5.75 Å². The van der Waals surface area contributed by atoms with Crippen LogP contribution in [-0.2, 0) is 16.4 Å². The van der Waals surface area contributed by atoms with Crippen molar-refractivity contribution in [2.24, 2.45) is 10.4 Å². The Labute approximate surface area is 179 Å². The molecule has 0 aromatic heterocycles. The highest BCUT2D eigenvalue weighted by molar-refractivity contribution is 7.90. The molecule has 1 fully saturated rings. The van der Waals surface area contributed by atoms with Crippen molar-refractivity contribution >= 4 is 15.8 Å². The molecule has 0 saturated carbocycles. The van der Waals surface area contributed by atoms with Crippen molar-refractivity contribution in [1.82, 2.24) is 15.5 Å². The molecule has 1 saturated heterocycles. The number of benzene rings is 1. The molecule has 6 nitrogen and oxygen atoms in total. The van der Waals surface area contributed by atoms with Crippen LogP contribution in [0.1, 0.15) is 38.7 Å². The number of halogens is 2. The molecule has 0 amide bonds. The maximum atomic E-state index is 14.0. The van der Waals surface area contributed by atoms with E-state index < -0.39 is 21.5 Å². The molecule has 2 rings (SSSR count). The minimum atomic E-state index is -2.99. The molecule has 1 aromatic rings. The maximum absolute atomic E-state index is 14.0. The summed E-state index contributed by atoms with van der Waals surface area (Å²) in [4.78, 5) is 6.32. The van der Waals surface area contributed by atoms with Crippen molar-refractivity contribution < 1.29 is 17.2 Å². The molecule has 0 spiro atoms.